The van der Waals surface area contributed by atoms with Crippen molar-refractivity contribution in [2.24, 2.45) is 0 Å². The Morgan fingerprint density at radius 2 is 1.57 bits per heavy atom. The highest BCUT2D eigenvalue weighted by atomic mass is 35.5. The number of carbonyl (C=O) groups excluding carboxylic acids is 3. The van der Waals surface area contributed by atoms with Crippen molar-refractivity contribution in [3.63, 3.8) is 0 Å². The lowest BCUT2D eigenvalue weighted by molar-refractivity contribution is -0.140. The van der Waals surface area contributed by atoms with E-state index < -0.39 is 17.7 Å². The van der Waals surface area contributed by atoms with Gasteiger partial charge < -0.3 is 5.32 Å². The largest absolute Gasteiger partial charge is 0.345 e. The molecule has 6 nitrogen and oxygen atoms in total. The maximum absolute atomic E-state index is 12.1. The molecule has 8 heteroatoms. The van der Waals surface area contributed by atoms with Crippen LogP contribution < -0.4 is 16.2 Å². The third-order valence-corrected chi connectivity index (χ3v) is 5.65. The summed E-state index contributed by atoms with van der Waals surface area (Å²) in [5.41, 5.74) is 6.49. The number of thioether (sulfide) groups is 1. The fraction of sp³-hybridized carbons (Fsp3) is 0.250. The van der Waals surface area contributed by atoms with Crippen molar-refractivity contribution < 1.29 is 14.4 Å². The summed E-state index contributed by atoms with van der Waals surface area (Å²) in [5, 5.41) is 3.13. The van der Waals surface area contributed by atoms with Crippen LogP contribution in [0.5, 0.6) is 0 Å². The van der Waals surface area contributed by atoms with Crippen molar-refractivity contribution >= 4 is 41.1 Å². The standard InChI is InChI=1S/C20H20ClN3O3S/c21-15-8-6-14(7-9-15)18(13-4-2-1-3-5-13)28-12-17(25)23-24-20(27)19(26)22-16-10-11-16/h1-9,16,18H,10-12H2,(H,22,26)(H,23,25)(H,24,27)/t18-/m0/s1. The van der Waals surface area contributed by atoms with Crippen LogP contribution in [0.4, 0.5) is 0 Å². The lowest BCUT2D eigenvalue weighted by atomic mass is 10.0. The minimum Gasteiger partial charge on any atom is -0.345 e. The fourth-order valence-electron chi connectivity index (χ4n) is 2.51. The first-order valence-electron chi connectivity index (χ1n) is 8.84. The Balaban J connectivity index is 1.55. The average molecular weight is 418 g/mol. The summed E-state index contributed by atoms with van der Waals surface area (Å²) in [6.45, 7) is 0. The predicted octanol–water partition coefficient (Wildman–Crippen LogP) is 2.59. The van der Waals surface area contributed by atoms with E-state index in [9.17, 15) is 14.4 Å². The molecule has 1 aliphatic rings. The van der Waals surface area contributed by atoms with E-state index in [0.29, 0.717) is 5.02 Å². The van der Waals surface area contributed by atoms with Gasteiger partial charge in [-0.25, -0.2) is 0 Å². The van der Waals surface area contributed by atoms with Crippen LogP contribution in [-0.2, 0) is 14.4 Å². The van der Waals surface area contributed by atoms with Crippen molar-refractivity contribution in [3.8, 4) is 0 Å². The van der Waals surface area contributed by atoms with Crippen molar-refractivity contribution in [1.29, 1.82) is 0 Å². The molecule has 146 valence electrons. The van der Waals surface area contributed by atoms with E-state index in [4.69, 9.17) is 11.6 Å². The maximum Gasteiger partial charge on any atom is 0.327 e. The van der Waals surface area contributed by atoms with Gasteiger partial charge in [0.25, 0.3) is 0 Å². The van der Waals surface area contributed by atoms with Crippen molar-refractivity contribution in [2.45, 2.75) is 24.1 Å². The van der Waals surface area contributed by atoms with Crippen LogP contribution in [0.25, 0.3) is 0 Å². The number of hydrazine groups is 1. The molecule has 0 aliphatic heterocycles. The van der Waals surface area contributed by atoms with Crippen LogP contribution >= 0.6 is 23.4 Å². The van der Waals surface area contributed by atoms with E-state index in [1.165, 1.54) is 11.8 Å². The molecule has 3 N–H and O–H groups in total. The number of hydrogen-bond donors (Lipinski definition) is 3. The normalized spacial score (nSPS) is 14.0. The molecular formula is C20H20ClN3O3S. The second kappa shape index (κ2) is 9.61. The molecule has 0 saturated heterocycles. The smallest absolute Gasteiger partial charge is 0.327 e. The number of nitrogens with one attached hydrogen (secondary N) is 3. The van der Waals surface area contributed by atoms with Gasteiger partial charge in [0.15, 0.2) is 0 Å². The monoisotopic (exact) mass is 417 g/mol. The van der Waals surface area contributed by atoms with Gasteiger partial charge >= 0.3 is 11.8 Å². The van der Waals surface area contributed by atoms with Crippen LogP contribution in [0.3, 0.4) is 0 Å². The summed E-state index contributed by atoms with van der Waals surface area (Å²) in [5.74, 6) is -1.90. The summed E-state index contributed by atoms with van der Waals surface area (Å²) in [6.07, 6.45) is 1.77. The highest BCUT2D eigenvalue weighted by molar-refractivity contribution is 8.00. The van der Waals surface area contributed by atoms with Crippen molar-refractivity contribution in [3.05, 3.63) is 70.7 Å². The number of carbonyl (C=O) groups is 3. The first kappa shape index (κ1) is 20.2. The lowest BCUT2D eigenvalue weighted by Gasteiger charge is -2.18. The summed E-state index contributed by atoms with van der Waals surface area (Å²) in [7, 11) is 0. The van der Waals surface area contributed by atoms with Gasteiger partial charge in [0, 0.05) is 11.1 Å². The van der Waals surface area contributed by atoms with Gasteiger partial charge in [0.1, 0.15) is 0 Å². The molecule has 0 aromatic heterocycles. The predicted molar refractivity (Wildman–Crippen MR) is 110 cm³/mol. The lowest BCUT2D eigenvalue weighted by Crippen LogP contribution is -2.49. The van der Waals surface area contributed by atoms with Crippen LogP contribution in [-0.4, -0.2) is 29.5 Å². The van der Waals surface area contributed by atoms with Crippen LogP contribution in [0.1, 0.15) is 29.2 Å². The van der Waals surface area contributed by atoms with E-state index in [-0.39, 0.29) is 17.0 Å². The molecule has 0 unspecified atom stereocenters. The molecule has 0 spiro atoms. The van der Waals surface area contributed by atoms with Crippen LogP contribution in [0.15, 0.2) is 54.6 Å². The van der Waals surface area contributed by atoms with Gasteiger partial charge in [-0.2, -0.15) is 0 Å². The van der Waals surface area contributed by atoms with Crippen molar-refractivity contribution in [2.75, 3.05) is 5.75 Å². The fourth-order valence-corrected chi connectivity index (χ4v) is 3.72. The molecule has 0 heterocycles. The van der Waals surface area contributed by atoms with E-state index >= 15 is 0 Å². The average Bonchev–Trinajstić information content (AvgIpc) is 3.52. The van der Waals surface area contributed by atoms with Gasteiger partial charge in [-0.15, -0.1) is 11.8 Å². The first-order valence-corrected chi connectivity index (χ1v) is 10.3. The Morgan fingerprint density at radius 1 is 0.929 bits per heavy atom. The van der Waals surface area contributed by atoms with Gasteiger partial charge in [-0.05, 0) is 36.1 Å². The second-order valence-corrected chi connectivity index (χ2v) is 7.93. The Labute approximate surface area is 172 Å². The zero-order valence-electron chi connectivity index (χ0n) is 15.0. The quantitative estimate of drug-likeness (QED) is 0.498. The Bertz CT molecular complexity index is 842. The van der Waals surface area contributed by atoms with Gasteiger partial charge in [0.2, 0.25) is 5.91 Å². The molecular weight excluding hydrogens is 398 g/mol. The third kappa shape index (κ3) is 6.00. The molecule has 0 radical (unpaired) electrons. The molecule has 0 bridgehead atoms. The molecule has 1 aliphatic carbocycles. The number of benzene rings is 2. The van der Waals surface area contributed by atoms with E-state index in [0.717, 1.165) is 24.0 Å². The minimum absolute atomic E-state index is 0.0712. The second-order valence-electron chi connectivity index (χ2n) is 6.40. The molecule has 1 atom stereocenters. The molecule has 28 heavy (non-hydrogen) atoms. The Hall–Kier alpha value is -2.51. The number of rotatable bonds is 6. The SMILES string of the molecule is O=C(CS[C@@H](c1ccccc1)c1ccc(Cl)cc1)NNC(=O)C(=O)NC1CC1. The zero-order valence-corrected chi connectivity index (χ0v) is 16.6. The summed E-state index contributed by atoms with van der Waals surface area (Å²) < 4.78 is 0. The molecule has 2 aromatic rings. The Kier molecular flexibility index (Phi) is 6.95. The summed E-state index contributed by atoms with van der Waals surface area (Å²) in [6, 6.07) is 17.4. The highest BCUT2D eigenvalue weighted by Gasteiger charge is 2.26. The molecule has 1 saturated carbocycles. The van der Waals surface area contributed by atoms with E-state index in [1.807, 2.05) is 54.6 Å². The molecule has 3 amide bonds. The molecule has 3 rings (SSSR count). The summed E-state index contributed by atoms with van der Waals surface area (Å²) in [4.78, 5) is 35.4. The van der Waals surface area contributed by atoms with Crippen LogP contribution in [0.2, 0.25) is 5.02 Å². The van der Waals surface area contributed by atoms with E-state index in [2.05, 4.69) is 16.2 Å². The van der Waals surface area contributed by atoms with Gasteiger partial charge in [-0.1, -0.05) is 54.1 Å². The highest BCUT2D eigenvalue weighted by Crippen LogP contribution is 2.35. The minimum atomic E-state index is -0.873. The first-order chi connectivity index (χ1) is 13.5. The maximum atomic E-state index is 12.1. The topological polar surface area (TPSA) is 87.3 Å². The number of halogens is 1. The third-order valence-electron chi connectivity index (χ3n) is 4.09. The molecule has 2 aromatic carbocycles. The number of amides is 3. The van der Waals surface area contributed by atoms with Crippen molar-refractivity contribution in [1.82, 2.24) is 16.2 Å². The zero-order chi connectivity index (χ0) is 19.9. The summed E-state index contributed by atoms with van der Waals surface area (Å²) >= 11 is 7.39. The van der Waals surface area contributed by atoms with E-state index in [1.54, 1.807) is 0 Å². The molecule has 1 fully saturated rings. The Morgan fingerprint density at radius 3 is 2.21 bits per heavy atom. The van der Waals surface area contributed by atoms with Gasteiger partial charge in [0.05, 0.1) is 11.0 Å². The number of hydrogen-bond acceptors (Lipinski definition) is 4. The van der Waals surface area contributed by atoms with Crippen LogP contribution in [0, 0.1) is 0 Å². The van der Waals surface area contributed by atoms with Gasteiger partial charge in [-0.3, -0.25) is 25.2 Å².